The molecule has 0 aromatic carbocycles. The van der Waals surface area contributed by atoms with Crippen LogP contribution in [0.25, 0.3) is 0 Å². The Morgan fingerprint density at radius 1 is 1.70 bits per heavy atom. The highest BCUT2D eigenvalue weighted by Gasteiger charge is 2.01. The largest absolute Gasteiger partial charge is 0.497 e. The van der Waals surface area contributed by atoms with Gasteiger partial charge in [-0.3, -0.25) is 0 Å². The summed E-state index contributed by atoms with van der Waals surface area (Å²) in [6.07, 6.45) is 4.53. The van der Waals surface area contributed by atoms with Gasteiger partial charge in [0.15, 0.2) is 0 Å². The molecule has 2 heteroatoms. The van der Waals surface area contributed by atoms with Crippen molar-refractivity contribution in [3.8, 4) is 0 Å². The lowest BCUT2D eigenvalue weighted by Gasteiger charge is -2.14. The second-order valence-corrected chi connectivity index (χ2v) is 2.44. The zero-order valence-corrected chi connectivity index (χ0v) is 6.52. The van der Waals surface area contributed by atoms with E-state index >= 15 is 0 Å². The van der Waals surface area contributed by atoms with Crippen molar-refractivity contribution in [1.82, 2.24) is 5.32 Å². The summed E-state index contributed by atoms with van der Waals surface area (Å²) in [6.45, 7) is 4.91. The highest BCUT2D eigenvalue weighted by atomic mass is 16.5. The third-order valence-corrected chi connectivity index (χ3v) is 1.56. The van der Waals surface area contributed by atoms with Crippen molar-refractivity contribution >= 4 is 0 Å². The molecule has 2 nitrogen and oxygen atoms in total. The van der Waals surface area contributed by atoms with Gasteiger partial charge in [0.05, 0.1) is 13.2 Å². The van der Waals surface area contributed by atoms with E-state index in [2.05, 4.69) is 18.3 Å². The maximum absolute atomic E-state index is 5.38. The first-order valence-electron chi connectivity index (χ1n) is 3.96. The van der Waals surface area contributed by atoms with Crippen molar-refractivity contribution < 1.29 is 4.74 Å². The standard InChI is InChI=1S/C8H15NO/c1-2-9-7-8-5-3-4-6-10-8/h5,9H,2-4,6-7H2,1H3. The van der Waals surface area contributed by atoms with Gasteiger partial charge in [0.25, 0.3) is 0 Å². The van der Waals surface area contributed by atoms with Crippen LogP contribution in [0, 0.1) is 0 Å². The smallest absolute Gasteiger partial charge is 0.106 e. The monoisotopic (exact) mass is 141 g/mol. The van der Waals surface area contributed by atoms with Crippen molar-refractivity contribution in [1.29, 1.82) is 0 Å². The van der Waals surface area contributed by atoms with Crippen molar-refractivity contribution in [3.05, 3.63) is 11.8 Å². The normalized spacial score (nSPS) is 17.9. The number of nitrogens with one attached hydrogen (secondary N) is 1. The van der Waals surface area contributed by atoms with Gasteiger partial charge in [0.1, 0.15) is 5.76 Å². The van der Waals surface area contributed by atoms with E-state index < -0.39 is 0 Å². The minimum absolute atomic E-state index is 0.899. The molecule has 0 saturated carbocycles. The van der Waals surface area contributed by atoms with Gasteiger partial charge in [-0.25, -0.2) is 0 Å². The van der Waals surface area contributed by atoms with Crippen LogP contribution in [0.1, 0.15) is 19.8 Å². The Kier molecular flexibility index (Phi) is 3.30. The molecular formula is C8H15NO. The Labute approximate surface area is 62.3 Å². The molecule has 1 aliphatic heterocycles. The molecule has 0 aliphatic carbocycles. The van der Waals surface area contributed by atoms with Crippen LogP contribution < -0.4 is 5.32 Å². The molecule has 0 amide bonds. The fraction of sp³-hybridized carbons (Fsp3) is 0.750. The van der Waals surface area contributed by atoms with Gasteiger partial charge in [-0.2, -0.15) is 0 Å². The van der Waals surface area contributed by atoms with Gasteiger partial charge in [-0.05, 0) is 25.5 Å². The second-order valence-electron chi connectivity index (χ2n) is 2.44. The molecule has 1 rings (SSSR count). The first-order chi connectivity index (χ1) is 4.93. The van der Waals surface area contributed by atoms with E-state index in [0.717, 1.165) is 25.5 Å². The Hall–Kier alpha value is -0.500. The van der Waals surface area contributed by atoms with Crippen LogP contribution >= 0.6 is 0 Å². The van der Waals surface area contributed by atoms with Crippen molar-refractivity contribution in [2.24, 2.45) is 0 Å². The Morgan fingerprint density at radius 3 is 3.20 bits per heavy atom. The predicted molar refractivity (Wildman–Crippen MR) is 41.8 cm³/mol. The van der Waals surface area contributed by atoms with Crippen LogP contribution in [0.15, 0.2) is 11.8 Å². The Balaban J connectivity index is 2.18. The van der Waals surface area contributed by atoms with Crippen LogP contribution in [0.2, 0.25) is 0 Å². The van der Waals surface area contributed by atoms with E-state index in [4.69, 9.17) is 4.74 Å². The maximum Gasteiger partial charge on any atom is 0.106 e. The van der Waals surface area contributed by atoms with Gasteiger partial charge in [0.2, 0.25) is 0 Å². The van der Waals surface area contributed by atoms with Crippen LogP contribution in [0.4, 0.5) is 0 Å². The molecule has 10 heavy (non-hydrogen) atoms. The van der Waals surface area contributed by atoms with Crippen LogP contribution in [-0.4, -0.2) is 19.7 Å². The molecule has 0 aromatic heterocycles. The fourth-order valence-corrected chi connectivity index (χ4v) is 0.980. The van der Waals surface area contributed by atoms with Gasteiger partial charge in [0, 0.05) is 0 Å². The molecule has 0 aromatic rings. The summed E-state index contributed by atoms with van der Waals surface area (Å²) in [5, 5.41) is 3.22. The van der Waals surface area contributed by atoms with E-state index in [9.17, 15) is 0 Å². The summed E-state index contributed by atoms with van der Waals surface area (Å²) in [4.78, 5) is 0. The zero-order chi connectivity index (χ0) is 7.23. The van der Waals surface area contributed by atoms with Gasteiger partial charge in [-0.15, -0.1) is 0 Å². The van der Waals surface area contributed by atoms with Crippen molar-refractivity contribution in [2.45, 2.75) is 19.8 Å². The molecule has 58 valence electrons. The average molecular weight is 141 g/mol. The van der Waals surface area contributed by atoms with Crippen LogP contribution in [-0.2, 0) is 4.74 Å². The van der Waals surface area contributed by atoms with Crippen LogP contribution in [0.3, 0.4) is 0 Å². The number of likely N-dealkylation sites (N-methyl/N-ethyl adjacent to an activating group) is 1. The first-order valence-corrected chi connectivity index (χ1v) is 3.96. The third-order valence-electron chi connectivity index (χ3n) is 1.56. The summed E-state index contributed by atoms with van der Waals surface area (Å²) in [7, 11) is 0. The summed E-state index contributed by atoms with van der Waals surface area (Å²) in [5.74, 6) is 1.12. The minimum atomic E-state index is 0.899. The van der Waals surface area contributed by atoms with E-state index in [0.29, 0.717) is 0 Å². The molecule has 0 bridgehead atoms. The number of rotatable bonds is 3. The molecule has 0 radical (unpaired) electrons. The number of hydrogen-bond acceptors (Lipinski definition) is 2. The predicted octanol–water partition coefficient (Wildman–Crippen LogP) is 1.29. The van der Waals surface area contributed by atoms with Crippen LogP contribution in [0.5, 0.6) is 0 Å². The molecule has 1 heterocycles. The molecule has 1 aliphatic rings. The molecule has 0 saturated heterocycles. The molecule has 0 spiro atoms. The highest BCUT2D eigenvalue weighted by Crippen LogP contribution is 2.07. The number of allylic oxidation sites excluding steroid dienone is 1. The van der Waals surface area contributed by atoms with E-state index in [1.54, 1.807) is 0 Å². The first kappa shape index (κ1) is 7.61. The Bertz CT molecular complexity index is 120. The average Bonchev–Trinajstić information content (AvgIpc) is 2.03. The zero-order valence-electron chi connectivity index (χ0n) is 6.52. The van der Waals surface area contributed by atoms with Gasteiger partial charge >= 0.3 is 0 Å². The SMILES string of the molecule is CCNCC1=CCCCO1. The fourth-order valence-electron chi connectivity index (χ4n) is 0.980. The van der Waals surface area contributed by atoms with E-state index in [1.807, 2.05) is 0 Å². The van der Waals surface area contributed by atoms with E-state index in [-0.39, 0.29) is 0 Å². The number of hydrogen-bond donors (Lipinski definition) is 1. The lowest BCUT2D eigenvalue weighted by molar-refractivity contribution is 0.187. The summed E-state index contributed by atoms with van der Waals surface area (Å²) >= 11 is 0. The number of ether oxygens (including phenoxy) is 1. The molecule has 0 atom stereocenters. The maximum atomic E-state index is 5.38. The lowest BCUT2D eigenvalue weighted by Crippen LogP contribution is -2.19. The summed E-state index contributed by atoms with van der Waals surface area (Å²) in [5.41, 5.74) is 0. The topological polar surface area (TPSA) is 21.3 Å². The second kappa shape index (κ2) is 4.34. The molecule has 0 fully saturated rings. The molecular weight excluding hydrogens is 126 g/mol. The summed E-state index contributed by atoms with van der Waals surface area (Å²) in [6, 6.07) is 0. The van der Waals surface area contributed by atoms with Crippen molar-refractivity contribution in [3.63, 3.8) is 0 Å². The molecule has 0 unspecified atom stereocenters. The van der Waals surface area contributed by atoms with Crippen molar-refractivity contribution in [2.75, 3.05) is 19.7 Å². The third kappa shape index (κ3) is 2.40. The molecule has 1 N–H and O–H groups in total. The summed E-state index contributed by atoms with van der Waals surface area (Å²) < 4.78 is 5.38. The Morgan fingerprint density at radius 2 is 2.60 bits per heavy atom. The van der Waals surface area contributed by atoms with Gasteiger partial charge in [-0.1, -0.05) is 6.92 Å². The highest BCUT2D eigenvalue weighted by molar-refractivity contribution is 4.97. The quantitative estimate of drug-likeness (QED) is 0.639. The van der Waals surface area contributed by atoms with Gasteiger partial charge < -0.3 is 10.1 Å². The van der Waals surface area contributed by atoms with E-state index in [1.165, 1.54) is 12.8 Å². The lowest BCUT2D eigenvalue weighted by atomic mass is 10.2. The minimum Gasteiger partial charge on any atom is -0.497 e.